The number of hydrogen-bond acceptors (Lipinski definition) is 8. The SMILES string of the molecule is Cc1ccc2c(c1)oc1ccccc12.Cc1ccc2c(c1)sc1ccccc12.Cc1ccc2oc3ccccc3c2c1.Cc1ccc2sc3ccccc3c2c1.Cc1cccc2c1oc1ccccc12.Cc1cccc2c1sc1ccccc12.Cc1cccc2oc3ccccc3c12.Cc1cccc2oc3ccccc3c12.Cc1ccccc1.Cc1ccccc1.Cc1ccccc1.Cc1ccccc1. The number of hydrogen-bond donors (Lipinski definition) is 0. The molecule has 8 heteroatoms. The van der Waals surface area contributed by atoms with Crippen LogP contribution in [-0.2, 0) is 0 Å². The maximum absolute atomic E-state index is 5.78. The summed E-state index contributed by atoms with van der Waals surface area (Å²) in [6.45, 7) is 25.3. The average molecular weight is 1870 g/mol. The molecule has 0 aliphatic heterocycles. The fourth-order valence-corrected chi connectivity index (χ4v) is 20.6. The maximum Gasteiger partial charge on any atom is 0.138 e. The molecular weight excluding hydrogens is 1760 g/mol. The van der Waals surface area contributed by atoms with E-state index in [1.807, 2.05) is 228 Å². The van der Waals surface area contributed by atoms with Crippen LogP contribution in [0.15, 0.2) is 483 Å². The average Bonchev–Trinajstić information content (AvgIpc) is 1.63. The highest BCUT2D eigenvalue weighted by Gasteiger charge is 2.14. The molecule has 0 bridgehead atoms. The second kappa shape index (κ2) is 45.8. The van der Waals surface area contributed by atoms with E-state index in [9.17, 15) is 0 Å². The molecule has 8 heterocycles. The Morgan fingerprint density at radius 1 is 0.136 bits per heavy atom. The first-order valence-electron chi connectivity index (χ1n) is 47.5. The van der Waals surface area contributed by atoms with Crippen LogP contribution in [0.25, 0.3) is 170 Å². The highest BCUT2D eigenvalue weighted by molar-refractivity contribution is 7.26. The van der Waals surface area contributed by atoms with E-state index >= 15 is 0 Å². The van der Waals surface area contributed by atoms with Crippen LogP contribution < -0.4 is 0 Å². The lowest BCUT2D eigenvalue weighted by Gasteiger charge is -1.93. The minimum absolute atomic E-state index is 0.966. The zero-order chi connectivity index (χ0) is 96.8. The number of para-hydroxylation sites is 6. The van der Waals surface area contributed by atoms with Crippen LogP contribution in [0.2, 0.25) is 0 Å². The van der Waals surface area contributed by atoms with Crippen molar-refractivity contribution in [2.45, 2.75) is 83.1 Å². The molecule has 8 aromatic heterocycles. The minimum Gasteiger partial charge on any atom is -0.456 e. The van der Waals surface area contributed by atoms with E-state index in [4.69, 9.17) is 22.1 Å². The predicted octanol–water partition coefficient (Wildman–Crippen LogP) is 40.5. The summed E-state index contributed by atoms with van der Waals surface area (Å²) in [6, 6.07) is 159. The van der Waals surface area contributed by atoms with Gasteiger partial charge in [-0.15, -0.1) is 34.0 Å². The Hall–Kier alpha value is -15.9. The van der Waals surface area contributed by atoms with E-state index < -0.39 is 0 Å². The van der Waals surface area contributed by atoms with Crippen LogP contribution in [0, 0.1) is 83.1 Å². The number of fused-ring (bicyclic) bond motifs is 24. The van der Waals surface area contributed by atoms with Gasteiger partial charge in [0, 0.05) is 114 Å². The zero-order valence-electron chi connectivity index (χ0n) is 81.1. The standard InChI is InChI=1S/5C13H10O.3C13H10S.4C7H8/c1-9-5-4-7-11-10-6-2-3-8-12(10)14-13(9)11;2*1-9-5-4-8-12-13(9)10-6-2-3-7-11(10)14-12;1-9-6-7-13-11(8-9)10-4-2-3-5-12(10)14-13;1-9-6-7-11-10-4-2-3-5-12(10)14-13(11)8-9;1-9-5-4-7-11-10-6-2-3-8-12(10)14-13(9)11;1-9-6-7-13-11(8-9)10-4-2-3-5-12(10)14-13;1-9-6-7-11-10-4-2-3-5-12(10)14-13(11)8-9;4*1-7-5-3-2-4-6-7/h8*2-8H,1H3;4*2-6H,1H3. The van der Waals surface area contributed by atoms with E-state index in [1.165, 1.54) is 181 Å². The van der Waals surface area contributed by atoms with Gasteiger partial charge >= 0.3 is 0 Å². The van der Waals surface area contributed by atoms with Gasteiger partial charge in [-0.3, -0.25) is 0 Å². The summed E-state index contributed by atoms with van der Waals surface area (Å²) >= 11 is 5.63. The monoisotopic (exact) mass is 1870 g/mol. The van der Waals surface area contributed by atoms with Gasteiger partial charge in [0.2, 0.25) is 0 Å². The third kappa shape index (κ3) is 23.5. The molecule has 20 aromatic carbocycles. The van der Waals surface area contributed by atoms with Crippen molar-refractivity contribution < 1.29 is 22.1 Å². The molecule has 0 unspecified atom stereocenters. The summed E-state index contributed by atoms with van der Waals surface area (Å²) in [6.07, 6.45) is 0. The van der Waals surface area contributed by atoms with Gasteiger partial charge in [0.05, 0.1) is 0 Å². The highest BCUT2D eigenvalue weighted by Crippen LogP contribution is 2.40. The summed E-state index contributed by atoms with van der Waals surface area (Å²) in [7, 11) is 0. The second-order valence-corrected chi connectivity index (χ2v) is 38.4. The first-order chi connectivity index (χ1) is 68.4. The van der Waals surface area contributed by atoms with Crippen LogP contribution in [0.4, 0.5) is 0 Å². The van der Waals surface area contributed by atoms with Gasteiger partial charge in [0.1, 0.15) is 55.8 Å². The third-order valence-corrected chi connectivity index (χ3v) is 27.9. The summed E-state index contributed by atoms with van der Waals surface area (Å²) in [5, 5.41) is 20.4. The molecule has 28 rings (SSSR count). The zero-order valence-corrected chi connectivity index (χ0v) is 83.6. The van der Waals surface area contributed by atoms with E-state index in [1.54, 1.807) is 0 Å². The molecule has 0 fully saturated rings. The van der Waals surface area contributed by atoms with Crippen LogP contribution in [0.5, 0.6) is 0 Å². The minimum atomic E-state index is 0.966. The number of benzene rings is 20. The molecule has 0 atom stereocenters. The van der Waals surface area contributed by atoms with Crippen molar-refractivity contribution in [2.75, 3.05) is 0 Å². The number of aryl methyl sites for hydroxylation is 12. The Labute approximate surface area is 830 Å². The van der Waals surface area contributed by atoms with Crippen molar-refractivity contribution in [2.24, 2.45) is 0 Å². The molecule has 140 heavy (non-hydrogen) atoms. The van der Waals surface area contributed by atoms with Crippen molar-refractivity contribution >= 4 is 204 Å². The Morgan fingerprint density at radius 2 is 0.414 bits per heavy atom. The molecule has 0 N–H and O–H groups in total. The first-order valence-corrected chi connectivity index (χ1v) is 49.9. The van der Waals surface area contributed by atoms with Crippen molar-refractivity contribution in [1.82, 2.24) is 0 Å². The van der Waals surface area contributed by atoms with Crippen LogP contribution in [-0.4, -0.2) is 0 Å². The third-order valence-electron chi connectivity index (χ3n) is 24.3. The molecule has 0 radical (unpaired) electrons. The van der Waals surface area contributed by atoms with E-state index in [0.29, 0.717) is 0 Å². The van der Waals surface area contributed by atoms with Gasteiger partial charge in [0.15, 0.2) is 0 Å². The van der Waals surface area contributed by atoms with Crippen molar-refractivity contribution in [3.63, 3.8) is 0 Å². The quantitative estimate of drug-likeness (QED) is 0.151. The molecule has 0 saturated carbocycles. The lowest BCUT2D eigenvalue weighted by Crippen LogP contribution is -1.72. The highest BCUT2D eigenvalue weighted by atomic mass is 32.1. The van der Waals surface area contributed by atoms with Crippen molar-refractivity contribution in [1.29, 1.82) is 0 Å². The van der Waals surface area contributed by atoms with Gasteiger partial charge in [-0.2, -0.15) is 0 Å². The molecule has 0 aliphatic rings. The molecule has 0 saturated heterocycles. The van der Waals surface area contributed by atoms with E-state index in [2.05, 4.69) is 350 Å². The number of thiophene rings is 3. The molecule has 28 aromatic rings. The second-order valence-electron chi connectivity index (χ2n) is 35.2. The molecule has 688 valence electrons. The summed E-state index contributed by atoms with van der Waals surface area (Å²) in [5.74, 6) is 0. The Balaban J connectivity index is 0.000000106. The van der Waals surface area contributed by atoms with Gasteiger partial charge < -0.3 is 22.1 Å². The van der Waals surface area contributed by atoms with E-state index in [0.717, 1.165) is 55.8 Å². The van der Waals surface area contributed by atoms with Gasteiger partial charge in [-0.25, -0.2) is 0 Å². The van der Waals surface area contributed by atoms with Gasteiger partial charge in [-0.05, 0) is 214 Å². The van der Waals surface area contributed by atoms with Crippen molar-refractivity contribution in [3.8, 4) is 0 Å². The maximum atomic E-state index is 5.78. The fourth-order valence-electron chi connectivity index (χ4n) is 17.2. The van der Waals surface area contributed by atoms with Crippen molar-refractivity contribution in [3.05, 3.63) is 528 Å². The molecular formula is C132H112O5S3. The smallest absolute Gasteiger partial charge is 0.138 e. The predicted molar refractivity (Wildman–Crippen MR) is 609 cm³/mol. The Bertz CT molecular complexity index is 8320. The summed E-state index contributed by atoms with van der Waals surface area (Å²) in [4.78, 5) is 0. The number of furan rings is 5. The molecule has 0 spiro atoms. The molecule has 5 nitrogen and oxygen atoms in total. The first kappa shape index (κ1) is 95.8. The Morgan fingerprint density at radius 3 is 0.900 bits per heavy atom. The number of rotatable bonds is 0. The lowest BCUT2D eigenvalue weighted by atomic mass is 10.1. The normalized spacial score (nSPS) is 10.7. The summed E-state index contributed by atoms with van der Waals surface area (Å²) in [5.41, 5.74) is 25.3. The van der Waals surface area contributed by atoms with E-state index in [-0.39, 0.29) is 0 Å². The topological polar surface area (TPSA) is 65.7 Å². The van der Waals surface area contributed by atoms with Crippen LogP contribution >= 0.6 is 34.0 Å². The van der Waals surface area contributed by atoms with Crippen LogP contribution in [0.3, 0.4) is 0 Å². The fraction of sp³-hybridized carbons (Fsp3) is 0.0909. The summed E-state index contributed by atoms with van der Waals surface area (Å²) < 4.78 is 37.0. The van der Waals surface area contributed by atoms with Gasteiger partial charge in [-0.1, -0.05) is 397 Å². The molecule has 0 aliphatic carbocycles. The Kier molecular flexibility index (Phi) is 31.3. The largest absolute Gasteiger partial charge is 0.456 e. The lowest BCUT2D eigenvalue weighted by molar-refractivity contribution is 0.665. The van der Waals surface area contributed by atoms with Crippen LogP contribution in [0.1, 0.15) is 66.8 Å². The van der Waals surface area contributed by atoms with Gasteiger partial charge in [0.25, 0.3) is 0 Å². The molecule has 0 amide bonds.